The van der Waals surface area contributed by atoms with Crippen molar-refractivity contribution < 1.29 is 8.73 Å². The molecule has 0 bridgehead atoms. The van der Waals surface area contributed by atoms with Crippen LogP contribution in [-0.2, 0) is 0 Å². The van der Waals surface area contributed by atoms with Crippen molar-refractivity contribution in [3.63, 3.8) is 0 Å². The smallest absolute Gasteiger partial charge is 0.334 e. The van der Waals surface area contributed by atoms with Crippen molar-refractivity contribution in [3.05, 3.63) is 52.9 Å². The summed E-state index contributed by atoms with van der Waals surface area (Å²) in [5, 5.41) is -0.0730. The second-order valence-corrected chi connectivity index (χ2v) is 2.68. The largest absolute Gasteiger partial charge is 0.493 e. The summed E-state index contributed by atoms with van der Waals surface area (Å²) in [5.41, 5.74) is 16.8. The monoisotopic (exact) mass is 160 g/mol. The van der Waals surface area contributed by atoms with Crippen LogP contribution < -0.4 is 19.6 Å². The molecule has 6 heteroatoms. The van der Waals surface area contributed by atoms with Crippen LogP contribution in [0.4, 0.5) is 0 Å². The minimum atomic E-state index is -0.496. The molecule has 0 saturated heterocycles. The van der Waals surface area contributed by atoms with Gasteiger partial charge in [-0.15, -0.1) is 0 Å². The molecule has 56 valence electrons. The highest BCUT2D eigenvalue weighted by Crippen LogP contribution is 1.86. The summed E-state index contributed by atoms with van der Waals surface area (Å²) in [6.45, 7) is 0. The van der Waals surface area contributed by atoms with Crippen molar-refractivity contribution in [2.45, 2.75) is 0 Å². The fraction of sp³-hybridized carbons (Fsp3) is 0. The molecule has 0 radical (unpaired) electrons. The van der Waals surface area contributed by atoms with Crippen molar-refractivity contribution in [1.82, 2.24) is 0 Å². The third kappa shape index (κ3) is 0.341. The van der Waals surface area contributed by atoms with E-state index in [2.05, 4.69) is 0 Å². The molecule has 0 fully saturated rings. The molecule has 0 saturated carbocycles. The Hall–Kier alpha value is -1.98. The standard InChI is InChI=1S/C6N4O2/c7-9-1-2(9)6(12)4-3(5(1)11)10(4)8. The average molecular weight is 160 g/mol. The zero-order valence-corrected chi connectivity index (χ0v) is 5.61. The minimum absolute atomic E-state index is 0.0182. The SMILES string of the molecule is [N-]=[n+]1c2c(=O)c3[n+](=[N-])c=3c(=O)c1=2. The maximum absolute atomic E-state index is 11.1. The summed E-state index contributed by atoms with van der Waals surface area (Å²) in [5.74, 6) is 0. The number of hydrogen-bond donors (Lipinski definition) is 0. The van der Waals surface area contributed by atoms with Gasteiger partial charge in [0.1, 0.15) is 0 Å². The van der Waals surface area contributed by atoms with Gasteiger partial charge in [0.2, 0.25) is 0 Å². The lowest BCUT2D eigenvalue weighted by Crippen LogP contribution is -2.12. The second kappa shape index (κ2) is 1.20. The summed E-state index contributed by atoms with van der Waals surface area (Å²) in [4.78, 5) is 22.2. The van der Waals surface area contributed by atoms with Crippen molar-refractivity contribution >= 4 is 0 Å². The molecule has 0 amide bonds. The van der Waals surface area contributed by atoms with E-state index in [0.29, 0.717) is 8.73 Å². The summed E-state index contributed by atoms with van der Waals surface area (Å²) in [6, 6.07) is 0. The van der Waals surface area contributed by atoms with Crippen LogP contribution in [0.2, 0.25) is 0 Å². The Morgan fingerprint density at radius 2 is 1.00 bits per heavy atom. The van der Waals surface area contributed by atoms with E-state index >= 15 is 0 Å². The van der Waals surface area contributed by atoms with Gasteiger partial charge < -0.3 is 11.1 Å². The molecule has 0 aromatic carbocycles. The summed E-state index contributed by atoms with van der Waals surface area (Å²) < 4.78 is 1.09. The molecule has 0 aromatic heterocycles. The first-order chi connectivity index (χ1) is 5.64. The summed E-state index contributed by atoms with van der Waals surface area (Å²) in [6.07, 6.45) is 0. The maximum Gasteiger partial charge on any atom is 0.334 e. The maximum atomic E-state index is 11.1. The highest BCUT2D eigenvalue weighted by Gasteiger charge is 2.34. The summed E-state index contributed by atoms with van der Waals surface area (Å²) >= 11 is 0. The van der Waals surface area contributed by atoms with Crippen molar-refractivity contribution in [2.75, 3.05) is 0 Å². The van der Waals surface area contributed by atoms with E-state index in [9.17, 15) is 9.59 Å². The predicted octanol–water partition coefficient (Wildman–Crippen LogP) is -2.62. The van der Waals surface area contributed by atoms with Crippen LogP contribution >= 0.6 is 0 Å². The molecule has 2 aliphatic heterocycles. The van der Waals surface area contributed by atoms with Crippen molar-refractivity contribution in [2.24, 2.45) is 0 Å². The van der Waals surface area contributed by atoms with E-state index in [4.69, 9.17) is 11.1 Å². The Bertz CT molecular complexity index is 724. The van der Waals surface area contributed by atoms with Crippen LogP contribution in [0.15, 0.2) is 9.59 Å². The predicted molar refractivity (Wildman–Crippen MR) is 32.2 cm³/mol. The second-order valence-electron chi connectivity index (χ2n) is 2.68. The van der Waals surface area contributed by atoms with E-state index in [1.165, 1.54) is 0 Å². The minimum Gasteiger partial charge on any atom is -0.493 e. The van der Waals surface area contributed by atoms with Gasteiger partial charge in [0.05, 0.1) is 0 Å². The molecule has 3 rings (SSSR count). The Morgan fingerprint density at radius 1 is 0.750 bits per heavy atom. The molecular formula is C6N4O2. The molecule has 0 N–H and O–H groups in total. The fourth-order valence-electron chi connectivity index (χ4n) is 1.35. The summed E-state index contributed by atoms with van der Waals surface area (Å²) in [7, 11) is 0. The van der Waals surface area contributed by atoms with Crippen LogP contribution in [0.1, 0.15) is 0 Å². The highest BCUT2D eigenvalue weighted by molar-refractivity contribution is 5.05. The molecular weight excluding hydrogens is 160 g/mol. The lowest BCUT2D eigenvalue weighted by Gasteiger charge is -1.52. The van der Waals surface area contributed by atoms with Gasteiger partial charge in [-0.05, 0) is 0 Å². The van der Waals surface area contributed by atoms with Crippen LogP contribution in [-0.4, -0.2) is 0 Å². The Morgan fingerprint density at radius 3 is 1.25 bits per heavy atom. The topological polar surface area (TPSA) is 90.5 Å². The first-order valence-electron chi connectivity index (χ1n) is 3.20. The van der Waals surface area contributed by atoms with Gasteiger partial charge in [0.15, 0.2) is 0 Å². The molecule has 0 aromatic rings. The lowest BCUT2D eigenvalue weighted by molar-refractivity contribution is -0.462. The third-order valence-electron chi connectivity index (χ3n) is 2.06. The zero-order chi connectivity index (χ0) is 8.62. The lowest BCUT2D eigenvalue weighted by atomic mass is 10.4. The van der Waals surface area contributed by atoms with Crippen LogP contribution in [0.5, 0.6) is 0 Å². The van der Waals surface area contributed by atoms with Gasteiger partial charge in [-0.3, -0.25) is 9.59 Å². The molecule has 0 spiro atoms. The van der Waals surface area contributed by atoms with Crippen molar-refractivity contribution in [3.8, 4) is 0 Å². The number of nitrogens with zero attached hydrogens (tertiary/aromatic N) is 4. The zero-order valence-electron chi connectivity index (χ0n) is 5.61. The first-order valence-corrected chi connectivity index (χ1v) is 3.20. The first kappa shape index (κ1) is 5.64. The van der Waals surface area contributed by atoms with Gasteiger partial charge in [0.25, 0.3) is 0 Å². The Labute approximate surface area is 62.6 Å². The van der Waals surface area contributed by atoms with Crippen LogP contribution in [0, 0.1) is 21.4 Å². The normalized spacial score (nSPS) is 12.7. The van der Waals surface area contributed by atoms with E-state index in [-0.39, 0.29) is 21.4 Å². The van der Waals surface area contributed by atoms with Gasteiger partial charge >= 0.3 is 32.3 Å². The van der Waals surface area contributed by atoms with Crippen LogP contribution in [0.25, 0.3) is 11.1 Å². The molecule has 2 heterocycles. The van der Waals surface area contributed by atoms with Gasteiger partial charge in [-0.2, -0.15) is 0 Å². The van der Waals surface area contributed by atoms with Gasteiger partial charge in [-0.1, -0.05) is 0 Å². The molecule has 12 heavy (non-hydrogen) atoms. The van der Waals surface area contributed by atoms with E-state index in [0.717, 1.165) is 0 Å². The van der Waals surface area contributed by atoms with Crippen LogP contribution in [0.3, 0.4) is 0 Å². The Balaban J connectivity index is 3.05. The Kier molecular flexibility index (Phi) is 0.563. The van der Waals surface area contributed by atoms with E-state index < -0.39 is 10.9 Å². The third-order valence-corrected chi connectivity index (χ3v) is 2.06. The van der Waals surface area contributed by atoms with E-state index in [1.807, 2.05) is 0 Å². The van der Waals surface area contributed by atoms with E-state index in [1.54, 1.807) is 0 Å². The molecule has 0 atom stereocenters. The fourth-order valence-corrected chi connectivity index (χ4v) is 1.35. The number of hydrogen-bond acceptors (Lipinski definition) is 2. The quantitative estimate of drug-likeness (QED) is 0.337. The average Bonchev–Trinajstić information content (AvgIpc) is 2.84. The van der Waals surface area contributed by atoms with Gasteiger partial charge in [0, 0.05) is 0 Å². The molecule has 1 aliphatic carbocycles. The van der Waals surface area contributed by atoms with Crippen molar-refractivity contribution in [1.29, 1.82) is 0 Å². The molecule has 6 nitrogen and oxygen atoms in total. The van der Waals surface area contributed by atoms with Gasteiger partial charge in [-0.25, -0.2) is 8.73 Å². The number of aromatic nitrogens is 2. The molecule has 3 aliphatic rings. The molecule has 0 unspecified atom stereocenters. The highest BCUT2D eigenvalue weighted by atomic mass is 16.1. The number of rotatable bonds is 0.